The summed E-state index contributed by atoms with van der Waals surface area (Å²) in [4.78, 5) is 10.9. The maximum Gasteiger partial charge on any atom is 0.255 e. The molecule has 27 heavy (non-hydrogen) atoms. The van der Waals surface area contributed by atoms with Crippen molar-refractivity contribution >= 4 is 18.3 Å². The molecule has 7 nitrogen and oxygen atoms in total. The van der Waals surface area contributed by atoms with E-state index < -0.39 is 5.91 Å². The fraction of sp³-hybridized carbons (Fsp3) is 0.632. The van der Waals surface area contributed by atoms with Crippen molar-refractivity contribution in [2.75, 3.05) is 33.5 Å². The van der Waals surface area contributed by atoms with Gasteiger partial charge in [-0.2, -0.15) is 0 Å². The van der Waals surface area contributed by atoms with E-state index in [2.05, 4.69) is 10.6 Å². The summed E-state index contributed by atoms with van der Waals surface area (Å²) in [7, 11) is 1.59. The smallest absolute Gasteiger partial charge is 0.255 e. The fourth-order valence-corrected chi connectivity index (χ4v) is 3.92. The molecular weight excluding hydrogens is 370 g/mol. The predicted molar refractivity (Wildman–Crippen MR) is 106 cm³/mol. The topological polar surface area (TPSA) is 94.8 Å². The zero-order valence-electron chi connectivity index (χ0n) is 15.7. The SMILES string of the molecule is COc1cc(CNC2CCCC2C2COCCN2)ccc1OCC(N)=O.Cl. The van der Waals surface area contributed by atoms with Crippen LogP contribution in [0.25, 0.3) is 0 Å². The van der Waals surface area contributed by atoms with Crippen LogP contribution in [0, 0.1) is 5.92 Å². The first-order chi connectivity index (χ1) is 12.7. The molecule has 1 aliphatic heterocycles. The van der Waals surface area contributed by atoms with E-state index in [9.17, 15) is 4.79 Å². The molecule has 1 amide bonds. The fourth-order valence-electron chi connectivity index (χ4n) is 3.92. The maximum atomic E-state index is 10.9. The number of ether oxygens (including phenoxy) is 3. The summed E-state index contributed by atoms with van der Waals surface area (Å²) in [5.41, 5.74) is 6.24. The molecule has 2 fully saturated rings. The zero-order chi connectivity index (χ0) is 18.4. The van der Waals surface area contributed by atoms with Crippen molar-refractivity contribution in [2.24, 2.45) is 11.7 Å². The molecule has 1 aromatic carbocycles. The van der Waals surface area contributed by atoms with Gasteiger partial charge in [-0.05, 0) is 36.5 Å². The maximum absolute atomic E-state index is 10.9. The van der Waals surface area contributed by atoms with Gasteiger partial charge in [0.15, 0.2) is 18.1 Å². The molecule has 1 aromatic rings. The van der Waals surface area contributed by atoms with Gasteiger partial charge in [0.25, 0.3) is 5.91 Å². The molecule has 0 radical (unpaired) electrons. The Bertz CT molecular complexity index is 611. The Morgan fingerprint density at radius 2 is 2.22 bits per heavy atom. The van der Waals surface area contributed by atoms with Gasteiger partial charge in [-0.25, -0.2) is 0 Å². The number of amides is 1. The lowest BCUT2D eigenvalue weighted by atomic mass is 9.94. The lowest BCUT2D eigenvalue weighted by molar-refractivity contribution is -0.119. The summed E-state index contributed by atoms with van der Waals surface area (Å²) in [6.07, 6.45) is 3.69. The molecule has 0 spiro atoms. The summed E-state index contributed by atoms with van der Waals surface area (Å²) < 4.78 is 16.4. The largest absolute Gasteiger partial charge is 0.493 e. The Kier molecular flexibility index (Phi) is 8.63. The summed E-state index contributed by atoms with van der Waals surface area (Å²) in [6.45, 7) is 3.17. The third-order valence-electron chi connectivity index (χ3n) is 5.20. The van der Waals surface area contributed by atoms with Crippen LogP contribution in [0.15, 0.2) is 18.2 Å². The number of hydrogen-bond acceptors (Lipinski definition) is 6. The highest BCUT2D eigenvalue weighted by atomic mass is 35.5. The van der Waals surface area contributed by atoms with E-state index in [-0.39, 0.29) is 19.0 Å². The minimum Gasteiger partial charge on any atom is -0.493 e. The summed E-state index contributed by atoms with van der Waals surface area (Å²) in [6, 6.07) is 6.68. The predicted octanol–water partition coefficient (Wildman–Crippen LogP) is 1.23. The highest BCUT2D eigenvalue weighted by Gasteiger charge is 2.34. The quantitative estimate of drug-likeness (QED) is 0.608. The molecule has 1 saturated carbocycles. The Balaban J connectivity index is 0.00000261. The van der Waals surface area contributed by atoms with Crippen LogP contribution >= 0.6 is 12.4 Å². The lowest BCUT2D eigenvalue weighted by Crippen LogP contribution is -2.50. The number of halogens is 1. The van der Waals surface area contributed by atoms with Crippen molar-refractivity contribution in [3.63, 3.8) is 0 Å². The van der Waals surface area contributed by atoms with Gasteiger partial charge in [0, 0.05) is 25.2 Å². The molecule has 8 heteroatoms. The van der Waals surface area contributed by atoms with Crippen molar-refractivity contribution in [3.8, 4) is 11.5 Å². The van der Waals surface area contributed by atoms with E-state index in [0.29, 0.717) is 29.5 Å². The molecule has 3 atom stereocenters. The third-order valence-corrected chi connectivity index (χ3v) is 5.20. The first kappa shape index (κ1) is 21.8. The number of carbonyl (C=O) groups is 1. The van der Waals surface area contributed by atoms with Crippen LogP contribution in [-0.2, 0) is 16.1 Å². The highest BCUT2D eigenvalue weighted by Crippen LogP contribution is 2.31. The van der Waals surface area contributed by atoms with Crippen LogP contribution < -0.4 is 25.8 Å². The van der Waals surface area contributed by atoms with Crippen LogP contribution in [0.1, 0.15) is 24.8 Å². The molecule has 0 bridgehead atoms. The minimum absolute atomic E-state index is 0. The average Bonchev–Trinajstić information content (AvgIpc) is 3.14. The van der Waals surface area contributed by atoms with E-state index in [1.54, 1.807) is 7.11 Å². The molecule has 1 heterocycles. The second-order valence-electron chi connectivity index (χ2n) is 6.96. The Labute approximate surface area is 166 Å². The number of morpholine rings is 1. The first-order valence-corrected chi connectivity index (χ1v) is 9.30. The van der Waals surface area contributed by atoms with E-state index in [4.69, 9.17) is 19.9 Å². The molecule has 152 valence electrons. The Morgan fingerprint density at radius 1 is 1.37 bits per heavy atom. The van der Waals surface area contributed by atoms with Gasteiger partial charge in [-0.3, -0.25) is 4.79 Å². The number of primary amides is 1. The number of rotatable bonds is 8. The standard InChI is InChI=1S/C19H29N3O4.ClH/c1-24-18-9-13(5-6-17(18)26-12-19(20)23)10-22-15-4-2-3-14(15)16-11-25-8-7-21-16;/h5-6,9,14-16,21-22H,2-4,7-8,10-12H2,1H3,(H2,20,23);1H. The lowest BCUT2D eigenvalue weighted by Gasteiger charge is -2.33. The average molecular weight is 400 g/mol. The third kappa shape index (κ3) is 5.97. The molecular formula is C19H30ClN3O4. The minimum atomic E-state index is -0.509. The summed E-state index contributed by atoms with van der Waals surface area (Å²) in [5.74, 6) is 1.23. The molecule has 2 aliphatic rings. The van der Waals surface area contributed by atoms with E-state index >= 15 is 0 Å². The van der Waals surface area contributed by atoms with Crippen molar-refractivity contribution in [3.05, 3.63) is 23.8 Å². The molecule has 3 rings (SSSR count). The van der Waals surface area contributed by atoms with Crippen LogP contribution in [0.2, 0.25) is 0 Å². The van der Waals surface area contributed by atoms with Crippen LogP contribution in [-0.4, -0.2) is 51.5 Å². The number of hydrogen-bond donors (Lipinski definition) is 3. The number of carbonyl (C=O) groups excluding carboxylic acids is 1. The zero-order valence-corrected chi connectivity index (χ0v) is 16.6. The van der Waals surface area contributed by atoms with Gasteiger partial charge in [-0.1, -0.05) is 12.5 Å². The van der Waals surface area contributed by atoms with Gasteiger partial charge in [0.2, 0.25) is 0 Å². The summed E-state index contributed by atoms with van der Waals surface area (Å²) in [5, 5.41) is 7.30. The number of nitrogens with one attached hydrogen (secondary N) is 2. The van der Waals surface area contributed by atoms with Gasteiger partial charge in [0.05, 0.1) is 20.3 Å². The van der Waals surface area contributed by atoms with Crippen molar-refractivity contribution in [1.82, 2.24) is 10.6 Å². The highest BCUT2D eigenvalue weighted by molar-refractivity contribution is 5.85. The molecule has 3 unspecified atom stereocenters. The Hall–Kier alpha value is -1.54. The summed E-state index contributed by atoms with van der Waals surface area (Å²) >= 11 is 0. The molecule has 1 aliphatic carbocycles. The second kappa shape index (κ2) is 10.7. The van der Waals surface area contributed by atoms with Gasteiger partial charge in [-0.15, -0.1) is 12.4 Å². The van der Waals surface area contributed by atoms with Crippen LogP contribution in [0.4, 0.5) is 0 Å². The van der Waals surface area contributed by atoms with E-state index in [1.165, 1.54) is 19.3 Å². The van der Waals surface area contributed by atoms with Gasteiger partial charge < -0.3 is 30.6 Å². The van der Waals surface area contributed by atoms with Crippen molar-refractivity contribution < 1.29 is 19.0 Å². The van der Waals surface area contributed by atoms with Crippen molar-refractivity contribution in [2.45, 2.75) is 37.9 Å². The van der Waals surface area contributed by atoms with E-state index in [1.807, 2.05) is 18.2 Å². The monoisotopic (exact) mass is 399 g/mol. The normalized spacial score (nSPS) is 24.9. The molecule has 4 N–H and O–H groups in total. The number of benzene rings is 1. The molecule has 0 aromatic heterocycles. The van der Waals surface area contributed by atoms with Gasteiger partial charge >= 0.3 is 0 Å². The van der Waals surface area contributed by atoms with Gasteiger partial charge in [0.1, 0.15) is 0 Å². The number of nitrogens with two attached hydrogens (primary N) is 1. The van der Waals surface area contributed by atoms with Crippen LogP contribution in [0.5, 0.6) is 11.5 Å². The first-order valence-electron chi connectivity index (χ1n) is 9.30. The van der Waals surface area contributed by atoms with E-state index in [0.717, 1.165) is 31.9 Å². The van der Waals surface area contributed by atoms with Crippen LogP contribution in [0.3, 0.4) is 0 Å². The molecule has 1 saturated heterocycles. The van der Waals surface area contributed by atoms with Crippen molar-refractivity contribution in [1.29, 1.82) is 0 Å². The Morgan fingerprint density at radius 3 is 2.93 bits per heavy atom. The second-order valence-corrected chi connectivity index (χ2v) is 6.96. The number of methoxy groups -OCH3 is 1.